The van der Waals surface area contributed by atoms with Crippen molar-refractivity contribution in [2.24, 2.45) is 0 Å². The lowest BCUT2D eigenvalue weighted by Crippen LogP contribution is -2.31. The first-order chi connectivity index (χ1) is 10.1. The van der Waals surface area contributed by atoms with Gasteiger partial charge in [0, 0.05) is 36.6 Å². The van der Waals surface area contributed by atoms with Crippen LogP contribution in [0.4, 0.5) is 5.69 Å². The lowest BCUT2D eigenvalue weighted by Gasteiger charge is -2.29. The molecule has 1 unspecified atom stereocenters. The maximum absolute atomic E-state index is 3.45. The number of hydrogen-bond acceptors (Lipinski definition) is 3. The Morgan fingerprint density at radius 1 is 1.29 bits per heavy atom. The fourth-order valence-electron chi connectivity index (χ4n) is 2.55. The zero-order valence-corrected chi connectivity index (χ0v) is 14.3. The molecular formula is C18H26N2S. The van der Waals surface area contributed by atoms with Crippen molar-refractivity contribution in [3.05, 3.63) is 51.7 Å². The van der Waals surface area contributed by atoms with Crippen molar-refractivity contribution in [2.75, 3.05) is 18.5 Å². The summed E-state index contributed by atoms with van der Waals surface area (Å²) in [5.41, 5.74) is 4.05. The monoisotopic (exact) mass is 302 g/mol. The van der Waals surface area contributed by atoms with Crippen LogP contribution in [-0.2, 0) is 13.0 Å². The van der Waals surface area contributed by atoms with E-state index in [0.29, 0.717) is 6.04 Å². The number of thiophene rings is 1. The zero-order valence-electron chi connectivity index (χ0n) is 13.5. The average molecular weight is 302 g/mol. The number of nitrogens with zero attached hydrogens (tertiary/aromatic N) is 1. The van der Waals surface area contributed by atoms with Gasteiger partial charge in [0.1, 0.15) is 0 Å². The van der Waals surface area contributed by atoms with Crippen molar-refractivity contribution in [3.8, 4) is 0 Å². The molecule has 1 heterocycles. The van der Waals surface area contributed by atoms with Crippen molar-refractivity contribution in [2.45, 2.75) is 39.8 Å². The van der Waals surface area contributed by atoms with E-state index in [4.69, 9.17) is 0 Å². The molecule has 21 heavy (non-hydrogen) atoms. The van der Waals surface area contributed by atoms with E-state index in [2.05, 4.69) is 73.7 Å². The molecule has 0 saturated carbocycles. The zero-order chi connectivity index (χ0) is 15.2. The van der Waals surface area contributed by atoms with Crippen LogP contribution in [0.1, 0.15) is 29.9 Å². The number of anilines is 1. The van der Waals surface area contributed by atoms with Crippen LogP contribution < -0.4 is 10.2 Å². The molecule has 0 amide bonds. The number of benzene rings is 1. The van der Waals surface area contributed by atoms with Gasteiger partial charge in [0.05, 0.1) is 0 Å². The average Bonchev–Trinajstić information content (AvgIpc) is 2.97. The topological polar surface area (TPSA) is 15.3 Å². The molecule has 1 N–H and O–H groups in total. The minimum atomic E-state index is 0.492. The Morgan fingerprint density at radius 3 is 2.76 bits per heavy atom. The minimum Gasteiger partial charge on any atom is -0.371 e. The van der Waals surface area contributed by atoms with Crippen molar-refractivity contribution >= 4 is 17.0 Å². The predicted octanol–water partition coefficient (Wildman–Crippen LogP) is 4.23. The highest BCUT2D eigenvalue weighted by atomic mass is 32.1. The molecule has 0 radical (unpaired) electrons. The molecule has 114 valence electrons. The van der Waals surface area contributed by atoms with Crippen LogP contribution in [0.3, 0.4) is 0 Å². The van der Waals surface area contributed by atoms with Gasteiger partial charge in [0.15, 0.2) is 0 Å². The second kappa shape index (κ2) is 7.62. The number of likely N-dealkylation sites (N-methyl/N-ethyl adjacent to an activating group) is 1. The van der Waals surface area contributed by atoms with Gasteiger partial charge < -0.3 is 10.2 Å². The van der Waals surface area contributed by atoms with Gasteiger partial charge in [-0.25, -0.2) is 0 Å². The van der Waals surface area contributed by atoms with Crippen molar-refractivity contribution in [1.82, 2.24) is 5.32 Å². The fraction of sp³-hybridized carbons (Fsp3) is 0.444. The molecule has 2 aromatic rings. The Hall–Kier alpha value is -1.32. The summed E-state index contributed by atoms with van der Waals surface area (Å²) in [5, 5.41) is 5.60. The highest BCUT2D eigenvalue weighted by molar-refractivity contribution is 7.09. The highest BCUT2D eigenvalue weighted by Crippen LogP contribution is 2.24. The number of rotatable bonds is 7. The van der Waals surface area contributed by atoms with Crippen LogP contribution in [0.25, 0.3) is 0 Å². The smallest absolute Gasteiger partial charge is 0.0411 e. The Balaban J connectivity index is 2.15. The lowest BCUT2D eigenvalue weighted by molar-refractivity contribution is 0.675. The molecule has 0 fully saturated rings. The van der Waals surface area contributed by atoms with E-state index in [9.17, 15) is 0 Å². The van der Waals surface area contributed by atoms with Crippen LogP contribution in [0, 0.1) is 6.92 Å². The fourth-order valence-corrected chi connectivity index (χ4v) is 3.38. The summed E-state index contributed by atoms with van der Waals surface area (Å²) in [7, 11) is 2.21. The Bertz CT molecular complexity index is 548. The Kier molecular flexibility index (Phi) is 5.83. The number of hydrogen-bond donors (Lipinski definition) is 1. The molecule has 2 rings (SSSR count). The van der Waals surface area contributed by atoms with E-state index < -0.39 is 0 Å². The van der Waals surface area contributed by atoms with Gasteiger partial charge in [-0.2, -0.15) is 0 Å². The van der Waals surface area contributed by atoms with E-state index in [0.717, 1.165) is 19.5 Å². The molecule has 0 aliphatic heterocycles. The first kappa shape index (κ1) is 16.1. The van der Waals surface area contributed by atoms with Gasteiger partial charge in [-0.05, 0) is 43.5 Å². The first-order valence-electron chi connectivity index (χ1n) is 7.67. The van der Waals surface area contributed by atoms with Gasteiger partial charge in [-0.1, -0.05) is 30.7 Å². The van der Waals surface area contributed by atoms with Gasteiger partial charge in [0.25, 0.3) is 0 Å². The van der Waals surface area contributed by atoms with E-state index in [1.165, 1.54) is 21.7 Å². The van der Waals surface area contributed by atoms with Gasteiger partial charge in [0.2, 0.25) is 0 Å². The summed E-state index contributed by atoms with van der Waals surface area (Å²) in [6.07, 6.45) is 1.10. The maximum Gasteiger partial charge on any atom is 0.0411 e. The van der Waals surface area contributed by atoms with Gasteiger partial charge >= 0.3 is 0 Å². The SMILES string of the molecule is CCNCc1cc(C)ccc1N(C)C(C)Cc1cccs1. The molecule has 0 aliphatic rings. The molecule has 0 bridgehead atoms. The third-order valence-electron chi connectivity index (χ3n) is 3.92. The molecule has 1 aromatic heterocycles. The largest absolute Gasteiger partial charge is 0.371 e. The summed E-state index contributed by atoms with van der Waals surface area (Å²) in [6, 6.07) is 11.6. The van der Waals surface area contributed by atoms with Crippen LogP contribution in [0.15, 0.2) is 35.7 Å². The standard InChI is InChI=1S/C18H26N2S/c1-5-19-13-16-11-14(2)8-9-18(16)20(4)15(3)12-17-7-6-10-21-17/h6-11,15,19H,5,12-13H2,1-4H3. The summed E-state index contributed by atoms with van der Waals surface area (Å²) in [6.45, 7) is 8.55. The number of nitrogens with one attached hydrogen (secondary N) is 1. The molecule has 0 spiro atoms. The molecule has 3 heteroatoms. The molecule has 2 nitrogen and oxygen atoms in total. The van der Waals surface area contributed by atoms with E-state index in [-0.39, 0.29) is 0 Å². The Labute approximate surface area is 132 Å². The lowest BCUT2D eigenvalue weighted by atomic mass is 10.1. The van der Waals surface area contributed by atoms with E-state index >= 15 is 0 Å². The second-order valence-electron chi connectivity index (χ2n) is 5.66. The van der Waals surface area contributed by atoms with Gasteiger partial charge in [-0.15, -0.1) is 11.3 Å². The van der Waals surface area contributed by atoms with Crippen LogP contribution in [0.5, 0.6) is 0 Å². The quantitative estimate of drug-likeness (QED) is 0.823. The van der Waals surface area contributed by atoms with Crippen LogP contribution in [-0.4, -0.2) is 19.6 Å². The Morgan fingerprint density at radius 2 is 2.10 bits per heavy atom. The summed E-state index contributed by atoms with van der Waals surface area (Å²) >= 11 is 1.85. The predicted molar refractivity (Wildman–Crippen MR) is 94.4 cm³/mol. The molecule has 0 aliphatic carbocycles. The van der Waals surface area contributed by atoms with Crippen molar-refractivity contribution in [3.63, 3.8) is 0 Å². The van der Waals surface area contributed by atoms with Crippen LogP contribution in [0.2, 0.25) is 0 Å². The van der Waals surface area contributed by atoms with Crippen molar-refractivity contribution in [1.29, 1.82) is 0 Å². The minimum absolute atomic E-state index is 0.492. The summed E-state index contributed by atoms with van der Waals surface area (Å²) in [5.74, 6) is 0. The van der Waals surface area contributed by atoms with Crippen molar-refractivity contribution < 1.29 is 0 Å². The van der Waals surface area contributed by atoms with E-state index in [1.54, 1.807) is 0 Å². The maximum atomic E-state index is 3.45. The highest BCUT2D eigenvalue weighted by Gasteiger charge is 2.14. The third-order valence-corrected chi connectivity index (χ3v) is 4.82. The second-order valence-corrected chi connectivity index (χ2v) is 6.69. The van der Waals surface area contributed by atoms with E-state index in [1.807, 2.05) is 11.3 Å². The molecule has 1 aromatic carbocycles. The summed E-state index contributed by atoms with van der Waals surface area (Å²) < 4.78 is 0. The summed E-state index contributed by atoms with van der Waals surface area (Å²) in [4.78, 5) is 3.86. The first-order valence-corrected chi connectivity index (χ1v) is 8.55. The normalized spacial score (nSPS) is 12.4. The molecule has 1 atom stereocenters. The molecular weight excluding hydrogens is 276 g/mol. The number of aryl methyl sites for hydroxylation is 1. The van der Waals surface area contributed by atoms with Crippen LogP contribution >= 0.6 is 11.3 Å². The third kappa shape index (κ3) is 4.32. The van der Waals surface area contributed by atoms with Gasteiger partial charge in [-0.3, -0.25) is 0 Å². The molecule has 0 saturated heterocycles.